The van der Waals surface area contributed by atoms with Gasteiger partial charge in [0, 0.05) is 10.6 Å². The Kier molecular flexibility index (Phi) is 7.10. The molecule has 3 rings (SSSR count). The van der Waals surface area contributed by atoms with Gasteiger partial charge >= 0.3 is 0 Å². The maximum atomic E-state index is 13.2. The molecule has 1 N–H and O–H groups in total. The molecule has 0 aliphatic heterocycles. The standard InChI is InChI=1S/C21H17Cl2N3O3S/c22-18-11-5-4-8-16(18)14-24-25-21(27)15-26(20-13-7-6-12-19(20)23)30(28,29)17-9-2-1-3-10-17/h1-14H,15H2,(H,25,27)/b24-14-. The Balaban J connectivity index is 1.85. The summed E-state index contributed by atoms with van der Waals surface area (Å²) in [6.07, 6.45) is 1.38. The van der Waals surface area contributed by atoms with E-state index in [4.69, 9.17) is 23.2 Å². The molecule has 0 unspecified atom stereocenters. The molecule has 30 heavy (non-hydrogen) atoms. The molecule has 0 saturated heterocycles. The van der Waals surface area contributed by atoms with Gasteiger partial charge in [-0.1, -0.05) is 71.7 Å². The van der Waals surface area contributed by atoms with Crippen molar-refractivity contribution in [2.24, 2.45) is 5.10 Å². The van der Waals surface area contributed by atoms with Crippen LogP contribution in [0, 0.1) is 0 Å². The first-order valence-electron chi connectivity index (χ1n) is 8.78. The van der Waals surface area contributed by atoms with Crippen LogP contribution in [0.5, 0.6) is 0 Å². The third-order valence-electron chi connectivity index (χ3n) is 4.04. The van der Waals surface area contributed by atoms with Crippen LogP contribution in [0.1, 0.15) is 5.56 Å². The predicted molar refractivity (Wildman–Crippen MR) is 120 cm³/mol. The zero-order valence-corrected chi connectivity index (χ0v) is 17.9. The van der Waals surface area contributed by atoms with Crippen LogP contribution in [0.15, 0.2) is 88.9 Å². The number of hydrazone groups is 1. The molecule has 154 valence electrons. The van der Waals surface area contributed by atoms with Crippen molar-refractivity contribution < 1.29 is 13.2 Å². The average Bonchev–Trinajstić information content (AvgIpc) is 2.74. The van der Waals surface area contributed by atoms with Crippen molar-refractivity contribution >= 4 is 51.0 Å². The van der Waals surface area contributed by atoms with E-state index in [-0.39, 0.29) is 15.6 Å². The summed E-state index contributed by atoms with van der Waals surface area (Å²) >= 11 is 12.3. The summed E-state index contributed by atoms with van der Waals surface area (Å²) in [7, 11) is -4.04. The van der Waals surface area contributed by atoms with Crippen molar-refractivity contribution in [2.45, 2.75) is 4.90 Å². The van der Waals surface area contributed by atoms with Gasteiger partial charge in [-0.15, -0.1) is 0 Å². The van der Waals surface area contributed by atoms with Crippen LogP contribution in [-0.4, -0.2) is 27.1 Å². The number of carbonyl (C=O) groups excluding carboxylic acids is 1. The first-order valence-corrected chi connectivity index (χ1v) is 11.0. The van der Waals surface area contributed by atoms with E-state index in [9.17, 15) is 13.2 Å². The number of benzene rings is 3. The summed E-state index contributed by atoms with van der Waals surface area (Å²) in [5, 5.41) is 4.53. The van der Waals surface area contributed by atoms with E-state index in [1.54, 1.807) is 60.7 Å². The van der Waals surface area contributed by atoms with Gasteiger partial charge in [-0.3, -0.25) is 9.10 Å². The Morgan fingerprint density at radius 2 is 1.50 bits per heavy atom. The molecule has 3 aromatic carbocycles. The van der Waals surface area contributed by atoms with Crippen LogP contribution in [0.2, 0.25) is 10.0 Å². The second kappa shape index (κ2) is 9.75. The highest BCUT2D eigenvalue weighted by molar-refractivity contribution is 7.92. The minimum Gasteiger partial charge on any atom is -0.271 e. The zero-order valence-electron chi connectivity index (χ0n) is 15.6. The van der Waals surface area contributed by atoms with Crippen molar-refractivity contribution in [3.05, 3.63) is 94.5 Å². The molecule has 0 radical (unpaired) electrons. The predicted octanol–water partition coefficient (Wildman–Crippen LogP) is 4.34. The summed E-state index contributed by atoms with van der Waals surface area (Å²) < 4.78 is 27.3. The fraction of sp³-hybridized carbons (Fsp3) is 0.0476. The lowest BCUT2D eigenvalue weighted by Crippen LogP contribution is -2.39. The van der Waals surface area contributed by atoms with Gasteiger partial charge < -0.3 is 0 Å². The zero-order chi connectivity index (χ0) is 21.6. The minimum atomic E-state index is -4.04. The molecule has 0 fully saturated rings. The number of anilines is 1. The average molecular weight is 462 g/mol. The number of hydrogen-bond donors (Lipinski definition) is 1. The van der Waals surface area contributed by atoms with Gasteiger partial charge in [-0.2, -0.15) is 5.10 Å². The third kappa shape index (κ3) is 5.18. The first-order chi connectivity index (χ1) is 14.4. The number of hydrogen-bond acceptors (Lipinski definition) is 4. The topological polar surface area (TPSA) is 78.8 Å². The van der Waals surface area contributed by atoms with E-state index in [0.29, 0.717) is 10.6 Å². The van der Waals surface area contributed by atoms with Gasteiger partial charge in [-0.05, 0) is 30.3 Å². The van der Waals surface area contributed by atoms with Crippen LogP contribution in [0.25, 0.3) is 0 Å². The highest BCUT2D eigenvalue weighted by Gasteiger charge is 2.28. The highest BCUT2D eigenvalue weighted by Crippen LogP contribution is 2.30. The van der Waals surface area contributed by atoms with Crippen molar-refractivity contribution in [3.8, 4) is 0 Å². The minimum absolute atomic E-state index is 0.0392. The van der Waals surface area contributed by atoms with Gasteiger partial charge in [0.1, 0.15) is 6.54 Å². The molecule has 0 bridgehead atoms. The van der Waals surface area contributed by atoms with E-state index in [2.05, 4.69) is 10.5 Å². The quantitative estimate of drug-likeness (QED) is 0.419. The van der Waals surface area contributed by atoms with Crippen molar-refractivity contribution in [3.63, 3.8) is 0 Å². The summed E-state index contributed by atoms with van der Waals surface area (Å²) in [6, 6.07) is 21.2. The number of sulfonamides is 1. The lowest BCUT2D eigenvalue weighted by atomic mass is 10.2. The summed E-state index contributed by atoms with van der Waals surface area (Å²) in [5.41, 5.74) is 3.12. The van der Waals surface area contributed by atoms with E-state index >= 15 is 0 Å². The molecule has 0 spiro atoms. The maximum absolute atomic E-state index is 13.2. The number of rotatable bonds is 7. The molecule has 0 atom stereocenters. The number of halogens is 2. The van der Waals surface area contributed by atoms with Crippen LogP contribution >= 0.6 is 23.2 Å². The van der Waals surface area contributed by atoms with Gasteiger partial charge in [0.2, 0.25) is 0 Å². The van der Waals surface area contributed by atoms with Crippen LogP contribution in [0.4, 0.5) is 5.69 Å². The van der Waals surface area contributed by atoms with Gasteiger partial charge in [0.15, 0.2) is 0 Å². The molecule has 1 amide bonds. The molecule has 0 heterocycles. The first kappa shape index (κ1) is 21.8. The molecular weight excluding hydrogens is 445 g/mol. The second-order valence-electron chi connectivity index (χ2n) is 6.09. The molecule has 3 aromatic rings. The largest absolute Gasteiger partial charge is 0.271 e. The van der Waals surface area contributed by atoms with E-state index in [0.717, 1.165) is 4.31 Å². The summed E-state index contributed by atoms with van der Waals surface area (Å²) in [6.45, 7) is -0.513. The Morgan fingerprint density at radius 1 is 0.900 bits per heavy atom. The van der Waals surface area contributed by atoms with Crippen molar-refractivity contribution in [1.29, 1.82) is 0 Å². The number of carbonyl (C=O) groups is 1. The Bertz CT molecular complexity index is 1170. The van der Waals surface area contributed by atoms with Crippen LogP contribution in [-0.2, 0) is 14.8 Å². The normalized spacial score (nSPS) is 11.4. The molecule has 9 heteroatoms. The molecule has 0 aliphatic rings. The molecular formula is C21H17Cl2N3O3S. The smallest absolute Gasteiger partial charge is 0.264 e. The monoisotopic (exact) mass is 461 g/mol. The highest BCUT2D eigenvalue weighted by atomic mass is 35.5. The number of amides is 1. The Hall–Kier alpha value is -2.87. The van der Waals surface area contributed by atoms with E-state index in [1.807, 2.05) is 0 Å². The van der Waals surface area contributed by atoms with Gasteiger partial charge in [0.25, 0.3) is 15.9 Å². The van der Waals surface area contributed by atoms with Gasteiger partial charge in [0.05, 0.1) is 21.8 Å². The van der Waals surface area contributed by atoms with Gasteiger partial charge in [-0.25, -0.2) is 13.8 Å². The number of para-hydroxylation sites is 1. The van der Waals surface area contributed by atoms with Crippen molar-refractivity contribution in [1.82, 2.24) is 5.43 Å². The third-order valence-corrected chi connectivity index (χ3v) is 6.48. The lowest BCUT2D eigenvalue weighted by molar-refractivity contribution is -0.119. The van der Waals surface area contributed by atoms with Crippen LogP contribution in [0.3, 0.4) is 0 Å². The molecule has 0 aromatic heterocycles. The number of nitrogens with zero attached hydrogens (tertiary/aromatic N) is 2. The fourth-order valence-electron chi connectivity index (χ4n) is 2.59. The lowest BCUT2D eigenvalue weighted by Gasteiger charge is -2.24. The maximum Gasteiger partial charge on any atom is 0.264 e. The second-order valence-corrected chi connectivity index (χ2v) is 8.77. The molecule has 6 nitrogen and oxygen atoms in total. The number of nitrogens with one attached hydrogen (secondary N) is 1. The van der Waals surface area contributed by atoms with Crippen LogP contribution < -0.4 is 9.73 Å². The molecule has 0 saturated carbocycles. The Labute approximate surface area is 184 Å². The Morgan fingerprint density at radius 3 is 2.17 bits per heavy atom. The SMILES string of the molecule is O=C(CN(c1ccccc1Cl)S(=O)(=O)c1ccccc1)N/N=C\c1ccccc1Cl. The summed E-state index contributed by atoms with van der Waals surface area (Å²) in [4.78, 5) is 12.5. The van der Waals surface area contributed by atoms with Crippen molar-refractivity contribution in [2.75, 3.05) is 10.8 Å². The molecule has 0 aliphatic carbocycles. The fourth-order valence-corrected chi connectivity index (χ4v) is 4.53. The summed E-state index contributed by atoms with van der Waals surface area (Å²) in [5.74, 6) is -0.641. The van der Waals surface area contributed by atoms with E-state index in [1.165, 1.54) is 24.4 Å². The van der Waals surface area contributed by atoms with E-state index < -0.39 is 22.5 Å².